The average Bonchev–Trinajstić information content (AvgIpc) is 3.15. The van der Waals surface area contributed by atoms with E-state index in [1.807, 2.05) is 29.9 Å². The number of hydrogen-bond acceptors (Lipinski definition) is 3. The van der Waals surface area contributed by atoms with Crippen molar-refractivity contribution in [2.24, 2.45) is 7.05 Å². The molecule has 0 aliphatic heterocycles. The summed E-state index contributed by atoms with van der Waals surface area (Å²) in [7, 11) is 1.88. The van der Waals surface area contributed by atoms with Crippen LogP contribution in [0.2, 0.25) is 5.02 Å². The first-order chi connectivity index (χ1) is 10.6. The molecule has 0 radical (unpaired) electrons. The fraction of sp³-hybridized carbons (Fsp3) is 0.133. The summed E-state index contributed by atoms with van der Waals surface area (Å²) in [5.41, 5.74) is 1.19. The molecular formula is C15H14ClN5O. The molecule has 0 aliphatic rings. The molecule has 3 rings (SSSR count). The molecule has 0 bridgehead atoms. The fourth-order valence-electron chi connectivity index (χ4n) is 2.00. The lowest BCUT2D eigenvalue weighted by Gasteiger charge is -2.04. The molecule has 22 heavy (non-hydrogen) atoms. The fourth-order valence-corrected chi connectivity index (χ4v) is 2.13. The minimum atomic E-state index is -0.240. The maximum atomic E-state index is 12.1. The predicted octanol–water partition coefficient (Wildman–Crippen LogP) is 2.19. The van der Waals surface area contributed by atoms with E-state index in [0.29, 0.717) is 17.3 Å². The Labute approximate surface area is 132 Å². The molecule has 7 heteroatoms. The number of halogens is 1. The van der Waals surface area contributed by atoms with Gasteiger partial charge in [0.15, 0.2) is 5.69 Å². The zero-order chi connectivity index (χ0) is 15.5. The number of carbonyl (C=O) groups is 1. The molecule has 6 nitrogen and oxygen atoms in total. The van der Waals surface area contributed by atoms with Crippen molar-refractivity contribution < 1.29 is 4.79 Å². The maximum Gasteiger partial charge on any atom is 0.272 e. The monoisotopic (exact) mass is 315 g/mol. The standard InChI is InChI=1S/C15H14ClN5O/c1-20-9-7-17-14(20)10-18-15(22)13-6-8-21(19-13)12-4-2-11(16)3-5-12/h2-9H,10H2,1H3,(H,18,22). The average molecular weight is 316 g/mol. The van der Waals surface area contributed by atoms with Crippen LogP contribution in [0.3, 0.4) is 0 Å². The second-order valence-corrected chi connectivity index (χ2v) is 5.20. The zero-order valence-corrected chi connectivity index (χ0v) is 12.7. The molecule has 1 amide bonds. The molecular weight excluding hydrogens is 302 g/mol. The molecule has 0 saturated carbocycles. The van der Waals surface area contributed by atoms with Gasteiger partial charge in [0.25, 0.3) is 5.91 Å². The van der Waals surface area contributed by atoms with Crippen molar-refractivity contribution in [2.45, 2.75) is 6.54 Å². The minimum Gasteiger partial charge on any atom is -0.343 e. The van der Waals surface area contributed by atoms with Gasteiger partial charge >= 0.3 is 0 Å². The molecule has 0 atom stereocenters. The van der Waals surface area contributed by atoms with Gasteiger partial charge in [-0.1, -0.05) is 11.6 Å². The van der Waals surface area contributed by atoms with Gasteiger partial charge in [0.2, 0.25) is 0 Å². The minimum absolute atomic E-state index is 0.240. The van der Waals surface area contributed by atoms with E-state index in [0.717, 1.165) is 11.5 Å². The van der Waals surface area contributed by atoms with E-state index < -0.39 is 0 Å². The van der Waals surface area contributed by atoms with E-state index in [1.54, 1.807) is 35.3 Å². The van der Waals surface area contributed by atoms with Crippen molar-refractivity contribution in [3.63, 3.8) is 0 Å². The number of rotatable bonds is 4. The Balaban J connectivity index is 1.69. The molecule has 2 heterocycles. The van der Waals surface area contributed by atoms with Crippen LogP contribution in [0, 0.1) is 0 Å². The predicted molar refractivity (Wildman–Crippen MR) is 83.0 cm³/mol. The van der Waals surface area contributed by atoms with Gasteiger partial charge in [-0.15, -0.1) is 0 Å². The number of benzene rings is 1. The Morgan fingerprint density at radius 1 is 1.23 bits per heavy atom. The van der Waals surface area contributed by atoms with E-state index in [1.165, 1.54) is 0 Å². The lowest BCUT2D eigenvalue weighted by molar-refractivity contribution is 0.0944. The molecule has 0 fully saturated rings. The summed E-state index contributed by atoms with van der Waals surface area (Å²) in [6.45, 7) is 0.357. The summed E-state index contributed by atoms with van der Waals surface area (Å²) in [5, 5.41) is 7.72. The molecule has 3 aromatic rings. The number of amides is 1. The second kappa shape index (κ2) is 6.03. The highest BCUT2D eigenvalue weighted by Gasteiger charge is 2.11. The Morgan fingerprint density at radius 2 is 2.00 bits per heavy atom. The number of carbonyl (C=O) groups excluding carboxylic acids is 1. The van der Waals surface area contributed by atoms with Gasteiger partial charge in [0, 0.05) is 30.7 Å². The Morgan fingerprint density at radius 3 is 2.68 bits per heavy atom. The summed E-state index contributed by atoms with van der Waals surface area (Å²) in [4.78, 5) is 16.3. The third-order valence-corrected chi connectivity index (χ3v) is 3.49. The lowest BCUT2D eigenvalue weighted by Crippen LogP contribution is -2.24. The van der Waals surface area contributed by atoms with Crippen LogP contribution in [0.15, 0.2) is 48.9 Å². The van der Waals surface area contributed by atoms with Crippen molar-refractivity contribution in [3.8, 4) is 5.69 Å². The van der Waals surface area contributed by atoms with E-state index in [9.17, 15) is 4.79 Å². The summed E-state index contributed by atoms with van der Waals surface area (Å²) in [5.74, 6) is 0.543. The summed E-state index contributed by atoms with van der Waals surface area (Å²) < 4.78 is 3.48. The van der Waals surface area contributed by atoms with Crippen LogP contribution in [0.5, 0.6) is 0 Å². The van der Waals surface area contributed by atoms with Crippen LogP contribution in [0.4, 0.5) is 0 Å². The van der Waals surface area contributed by atoms with Crippen LogP contribution in [-0.2, 0) is 13.6 Å². The van der Waals surface area contributed by atoms with Crippen LogP contribution in [0.25, 0.3) is 5.69 Å². The highest BCUT2D eigenvalue weighted by atomic mass is 35.5. The number of nitrogens with one attached hydrogen (secondary N) is 1. The number of aryl methyl sites for hydroxylation is 1. The third kappa shape index (κ3) is 3.01. The quantitative estimate of drug-likeness (QED) is 0.802. The Hall–Kier alpha value is -2.60. The van der Waals surface area contributed by atoms with E-state index in [4.69, 9.17) is 11.6 Å². The van der Waals surface area contributed by atoms with Crippen molar-refractivity contribution in [2.75, 3.05) is 0 Å². The first-order valence-corrected chi connectivity index (χ1v) is 7.07. The van der Waals surface area contributed by atoms with Gasteiger partial charge in [-0.3, -0.25) is 4.79 Å². The van der Waals surface area contributed by atoms with Crippen molar-refractivity contribution in [3.05, 3.63) is 65.5 Å². The summed E-state index contributed by atoms with van der Waals surface area (Å²) in [6.07, 6.45) is 5.26. The van der Waals surface area contributed by atoms with Crippen molar-refractivity contribution >= 4 is 17.5 Å². The highest BCUT2D eigenvalue weighted by Crippen LogP contribution is 2.13. The molecule has 1 aromatic carbocycles. The largest absolute Gasteiger partial charge is 0.343 e. The number of hydrogen-bond donors (Lipinski definition) is 1. The molecule has 0 unspecified atom stereocenters. The van der Waals surface area contributed by atoms with Gasteiger partial charge in [0.05, 0.1) is 12.2 Å². The topological polar surface area (TPSA) is 64.7 Å². The lowest BCUT2D eigenvalue weighted by atomic mass is 10.3. The van der Waals surface area contributed by atoms with Gasteiger partial charge in [-0.05, 0) is 30.3 Å². The van der Waals surface area contributed by atoms with Crippen LogP contribution < -0.4 is 5.32 Å². The van der Waals surface area contributed by atoms with Gasteiger partial charge in [0.1, 0.15) is 5.82 Å². The normalized spacial score (nSPS) is 10.6. The molecule has 1 N–H and O–H groups in total. The number of imidazole rings is 1. The molecule has 0 spiro atoms. The van der Waals surface area contributed by atoms with Crippen molar-refractivity contribution in [1.29, 1.82) is 0 Å². The number of nitrogens with zero attached hydrogens (tertiary/aromatic N) is 4. The molecule has 0 saturated heterocycles. The SMILES string of the molecule is Cn1ccnc1CNC(=O)c1ccn(-c2ccc(Cl)cc2)n1. The summed E-state index contributed by atoms with van der Waals surface area (Å²) in [6, 6.07) is 8.90. The Kier molecular flexibility index (Phi) is 3.93. The Bertz CT molecular complexity index is 790. The van der Waals surface area contributed by atoms with Crippen LogP contribution >= 0.6 is 11.6 Å². The van der Waals surface area contributed by atoms with Gasteiger partial charge < -0.3 is 9.88 Å². The molecule has 2 aromatic heterocycles. The van der Waals surface area contributed by atoms with Gasteiger partial charge in [-0.25, -0.2) is 9.67 Å². The first-order valence-electron chi connectivity index (χ1n) is 6.69. The zero-order valence-electron chi connectivity index (χ0n) is 11.9. The van der Waals surface area contributed by atoms with E-state index in [2.05, 4.69) is 15.4 Å². The molecule has 112 valence electrons. The highest BCUT2D eigenvalue weighted by molar-refractivity contribution is 6.30. The molecule has 0 aliphatic carbocycles. The smallest absolute Gasteiger partial charge is 0.272 e. The van der Waals surface area contributed by atoms with Crippen LogP contribution in [0.1, 0.15) is 16.3 Å². The van der Waals surface area contributed by atoms with Crippen LogP contribution in [-0.4, -0.2) is 25.2 Å². The maximum absolute atomic E-state index is 12.1. The first kappa shape index (κ1) is 14.3. The van der Waals surface area contributed by atoms with E-state index in [-0.39, 0.29) is 5.91 Å². The second-order valence-electron chi connectivity index (χ2n) is 4.76. The van der Waals surface area contributed by atoms with Crippen molar-refractivity contribution in [1.82, 2.24) is 24.6 Å². The van der Waals surface area contributed by atoms with Gasteiger partial charge in [-0.2, -0.15) is 5.10 Å². The summed E-state index contributed by atoms with van der Waals surface area (Å²) >= 11 is 5.86. The van der Waals surface area contributed by atoms with E-state index >= 15 is 0 Å². The third-order valence-electron chi connectivity index (χ3n) is 3.24. The number of aromatic nitrogens is 4.